The summed E-state index contributed by atoms with van der Waals surface area (Å²) >= 11 is 0. The van der Waals surface area contributed by atoms with Crippen LogP contribution < -0.4 is 20.5 Å². The Morgan fingerprint density at radius 3 is 2.81 bits per heavy atom. The molecule has 1 unspecified atom stereocenters. The molecule has 1 aliphatic heterocycles. The smallest absolute Gasteiger partial charge is 0.258 e. The zero-order chi connectivity index (χ0) is 14.7. The van der Waals surface area contributed by atoms with Gasteiger partial charge in [-0.2, -0.15) is 0 Å². The highest BCUT2D eigenvalue weighted by Crippen LogP contribution is 2.31. The number of carbonyl (C=O) groups excluding carboxylic acids is 1. The predicted molar refractivity (Wildman–Crippen MR) is 79.2 cm³/mol. The molecule has 21 heavy (non-hydrogen) atoms. The largest absolute Gasteiger partial charge is 0.491 e. The average molecular weight is 284 g/mol. The Bertz CT molecular complexity index is 640. The first-order valence-electron chi connectivity index (χ1n) is 6.72. The van der Waals surface area contributed by atoms with Crippen molar-refractivity contribution < 1.29 is 14.3 Å². The van der Waals surface area contributed by atoms with Crippen molar-refractivity contribution in [1.29, 1.82) is 0 Å². The third-order valence-electron chi connectivity index (χ3n) is 3.29. The van der Waals surface area contributed by atoms with Gasteiger partial charge in [0.15, 0.2) is 6.61 Å². The predicted octanol–water partition coefficient (Wildman–Crippen LogP) is 1.90. The molecule has 0 aromatic heterocycles. The molecule has 0 saturated heterocycles. The van der Waals surface area contributed by atoms with Gasteiger partial charge in [0.25, 0.3) is 5.91 Å². The molecule has 1 heterocycles. The fraction of sp³-hybridized carbons (Fsp3) is 0.188. The number of rotatable bonds is 4. The molecule has 2 aromatic rings. The quantitative estimate of drug-likeness (QED) is 0.841. The van der Waals surface area contributed by atoms with E-state index in [2.05, 4.69) is 5.32 Å². The van der Waals surface area contributed by atoms with E-state index in [1.165, 1.54) is 0 Å². The Labute approximate surface area is 122 Å². The number of nitrogen functional groups attached to an aromatic ring is 1. The highest BCUT2D eigenvalue weighted by Gasteiger charge is 2.24. The molecule has 0 aliphatic carbocycles. The van der Waals surface area contributed by atoms with E-state index in [1.807, 2.05) is 24.3 Å². The average Bonchev–Trinajstić information content (AvgIpc) is 2.90. The van der Waals surface area contributed by atoms with E-state index < -0.39 is 0 Å². The minimum Gasteiger partial charge on any atom is -0.491 e. The topological polar surface area (TPSA) is 73.6 Å². The maximum atomic E-state index is 11.9. The van der Waals surface area contributed by atoms with Gasteiger partial charge in [0.1, 0.15) is 18.1 Å². The monoisotopic (exact) mass is 284 g/mol. The number of anilines is 1. The third-order valence-corrected chi connectivity index (χ3v) is 3.29. The lowest BCUT2D eigenvalue weighted by molar-refractivity contribution is -0.123. The fourth-order valence-electron chi connectivity index (χ4n) is 2.23. The molecule has 0 bridgehead atoms. The van der Waals surface area contributed by atoms with Gasteiger partial charge >= 0.3 is 0 Å². The highest BCUT2D eigenvalue weighted by molar-refractivity contribution is 5.78. The zero-order valence-corrected chi connectivity index (χ0v) is 11.4. The molecule has 3 rings (SSSR count). The second-order valence-electron chi connectivity index (χ2n) is 4.83. The normalized spacial score (nSPS) is 15.9. The molecule has 3 N–H and O–H groups in total. The number of nitrogens with two attached hydrogens (primary N) is 1. The fourth-order valence-corrected chi connectivity index (χ4v) is 2.23. The highest BCUT2D eigenvalue weighted by atomic mass is 16.5. The molecule has 1 amide bonds. The Balaban J connectivity index is 1.54. The van der Waals surface area contributed by atoms with Crippen molar-refractivity contribution >= 4 is 11.6 Å². The third kappa shape index (κ3) is 3.08. The standard InChI is InChI=1S/C16H16N2O3/c17-11-5-7-12(8-6-11)20-10-16(19)18-14-9-21-15-4-2-1-3-13(14)15/h1-8,14H,9-10,17H2,(H,18,19). The molecule has 1 aliphatic rings. The van der Waals surface area contributed by atoms with Crippen LogP contribution in [0.1, 0.15) is 11.6 Å². The van der Waals surface area contributed by atoms with Gasteiger partial charge in [-0.15, -0.1) is 0 Å². The van der Waals surface area contributed by atoms with E-state index in [1.54, 1.807) is 24.3 Å². The van der Waals surface area contributed by atoms with Gasteiger partial charge in [0.05, 0.1) is 6.04 Å². The first kappa shape index (κ1) is 13.3. The lowest BCUT2D eigenvalue weighted by Gasteiger charge is -2.12. The minimum absolute atomic E-state index is 0.0391. The summed E-state index contributed by atoms with van der Waals surface area (Å²) in [5.74, 6) is 1.25. The Morgan fingerprint density at radius 2 is 2.00 bits per heavy atom. The Kier molecular flexibility index (Phi) is 3.64. The number of hydrogen-bond acceptors (Lipinski definition) is 4. The van der Waals surface area contributed by atoms with Crippen molar-refractivity contribution in [1.82, 2.24) is 5.32 Å². The summed E-state index contributed by atoms with van der Waals surface area (Å²) in [5, 5.41) is 2.90. The van der Waals surface area contributed by atoms with E-state index in [9.17, 15) is 4.79 Å². The minimum atomic E-state index is -0.183. The number of nitrogens with one attached hydrogen (secondary N) is 1. The molecule has 2 aromatic carbocycles. The van der Waals surface area contributed by atoms with Crippen LogP contribution in [0.4, 0.5) is 5.69 Å². The molecule has 5 nitrogen and oxygen atoms in total. The van der Waals surface area contributed by atoms with Crippen molar-refractivity contribution in [3.05, 3.63) is 54.1 Å². The number of fused-ring (bicyclic) bond motifs is 1. The molecule has 0 saturated carbocycles. The lowest BCUT2D eigenvalue weighted by Crippen LogP contribution is -2.33. The second kappa shape index (κ2) is 5.75. The molecule has 0 spiro atoms. The van der Waals surface area contributed by atoms with Crippen LogP contribution >= 0.6 is 0 Å². The van der Waals surface area contributed by atoms with Gasteiger partial charge in [0.2, 0.25) is 0 Å². The summed E-state index contributed by atoms with van der Waals surface area (Å²) < 4.78 is 10.9. The SMILES string of the molecule is Nc1ccc(OCC(=O)NC2COc3ccccc32)cc1. The van der Waals surface area contributed by atoms with Crippen LogP contribution in [0.25, 0.3) is 0 Å². The van der Waals surface area contributed by atoms with Crippen LogP contribution in [0, 0.1) is 0 Å². The van der Waals surface area contributed by atoms with Gasteiger partial charge < -0.3 is 20.5 Å². The summed E-state index contributed by atoms with van der Waals surface area (Å²) in [6.07, 6.45) is 0. The number of ether oxygens (including phenoxy) is 2. The van der Waals surface area contributed by atoms with Crippen molar-refractivity contribution in [2.75, 3.05) is 18.9 Å². The van der Waals surface area contributed by atoms with Gasteiger partial charge in [0, 0.05) is 11.3 Å². The number of amides is 1. The van der Waals surface area contributed by atoms with Crippen molar-refractivity contribution in [3.63, 3.8) is 0 Å². The molecular formula is C16H16N2O3. The van der Waals surface area contributed by atoms with Gasteiger partial charge in [-0.05, 0) is 30.3 Å². The van der Waals surface area contributed by atoms with Crippen LogP contribution in [-0.4, -0.2) is 19.1 Å². The first-order valence-corrected chi connectivity index (χ1v) is 6.72. The van der Waals surface area contributed by atoms with Crippen LogP contribution in [0.2, 0.25) is 0 Å². The Morgan fingerprint density at radius 1 is 1.24 bits per heavy atom. The van der Waals surface area contributed by atoms with Crippen LogP contribution in [0.3, 0.4) is 0 Å². The van der Waals surface area contributed by atoms with E-state index in [-0.39, 0.29) is 18.6 Å². The lowest BCUT2D eigenvalue weighted by atomic mass is 10.1. The zero-order valence-electron chi connectivity index (χ0n) is 11.4. The molecule has 1 atom stereocenters. The molecule has 108 valence electrons. The van der Waals surface area contributed by atoms with Crippen molar-refractivity contribution in [2.45, 2.75) is 6.04 Å². The molecule has 0 radical (unpaired) electrons. The number of para-hydroxylation sites is 1. The summed E-state index contributed by atoms with van der Waals surface area (Å²) in [6, 6.07) is 14.5. The first-order chi connectivity index (χ1) is 10.2. The van der Waals surface area contributed by atoms with Gasteiger partial charge in [-0.25, -0.2) is 0 Å². The second-order valence-corrected chi connectivity index (χ2v) is 4.83. The summed E-state index contributed by atoms with van der Waals surface area (Å²) in [5.41, 5.74) is 7.25. The molecule has 5 heteroatoms. The van der Waals surface area contributed by atoms with E-state index >= 15 is 0 Å². The van der Waals surface area contributed by atoms with Gasteiger partial charge in [-0.1, -0.05) is 18.2 Å². The number of hydrogen-bond donors (Lipinski definition) is 2. The number of carbonyl (C=O) groups is 1. The summed E-state index contributed by atoms with van der Waals surface area (Å²) in [6.45, 7) is 0.412. The number of benzene rings is 2. The molecule has 0 fully saturated rings. The molecular weight excluding hydrogens is 268 g/mol. The maximum absolute atomic E-state index is 11.9. The van der Waals surface area contributed by atoms with Crippen molar-refractivity contribution in [2.24, 2.45) is 0 Å². The van der Waals surface area contributed by atoms with Crippen LogP contribution in [0.5, 0.6) is 11.5 Å². The van der Waals surface area contributed by atoms with Crippen LogP contribution in [-0.2, 0) is 4.79 Å². The summed E-state index contributed by atoms with van der Waals surface area (Å²) in [7, 11) is 0. The van der Waals surface area contributed by atoms with Gasteiger partial charge in [-0.3, -0.25) is 4.79 Å². The Hall–Kier alpha value is -2.69. The van der Waals surface area contributed by atoms with E-state index in [4.69, 9.17) is 15.2 Å². The van der Waals surface area contributed by atoms with Crippen LogP contribution in [0.15, 0.2) is 48.5 Å². The summed E-state index contributed by atoms with van der Waals surface area (Å²) in [4.78, 5) is 11.9. The van der Waals surface area contributed by atoms with E-state index in [0.717, 1.165) is 11.3 Å². The maximum Gasteiger partial charge on any atom is 0.258 e. The van der Waals surface area contributed by atoms with Crippen molar-refractivity contribution in [3.8, 4) is 11.5 Å². The van der Waals surface area contributed by atoms with E-state index in [0.29, 0.717) is 18.0 Å².